The van der Waals surface area contributed by atoms with Crippen molar-refractivity contribution < 1.29 is 4.79 Å². The van der Waals surface area contributed by atoms with E-state index in [-0.39, 0.29) is 5.91 Å². The number of hydrogen-bond donors (Lipinski definition) is 1. The van der Waals surface area contributed by atoms with Crippen LogP contribution in [0.5, 0.6) is 0 Å². The van der Waals surface area contributed by atoms with E-state index in [4.69, 9.17) is 11.6 Å². The Balaban J connectivity index is 1.66. The lowest BCUT2D eigenvalue weighted by atomic mass is 10.1. The Labute approximate surface area is 168 Å². The molecule has 0 saturated heterocycles. The summed E-state index contributed by atoms with van der Waals surface area (Å²) in [5, 5.41) is 9.75. The number of benzene rings is 2. The maximum Gasteiger partial charge on any atom is 0.256 e. The van der Waals surface area contributed by atoms with Crippen LogP contribution in [0.15, 0.2) is 60.9 Å². The molecule has 5 nitrogen and oxygen atoms in total. The Hall–Kier alpha value is -3.18. The van der Waals surface area contributed by atoms with Gasteiger partial charge in [0, 0.05) is 22.8 Å². The van der Waals surface area contributed by atoms with Gasteiger partial charge in [0.1, 0.15) is 0 Å². The number of aromatic nitrogens is 3. The van der Waals surface area contributed by atoms with Crippen LogP contribution in [-0.4, -0.2) is 20.7 Å². The maximum atomic E-state index is 13.0. The number of amides is 1. The van der Waals surface area contributed by atoms with Gasteiger partial charge in [-0.05, 0) is 43.0 Å². The highest BCUT2D eigenvalue weighted by Crippen LogP contribution is 2.26. The highest BCUT2D eigenvalue weighted by molar-refractivity contribution is 6.32. The summed E-state index contributed by atoms with van der Waals surface area (Å²) in [7, 11) is 0. The van der Waals surface area contributed by atoms with Gasteiger partial charge in [0.25, 0.3) is 5.91 Å². The van der Waals surface area contributed by atoms with Crippen LogP contribution in [-0.2, 0) is 6.54 Å². The van der Waals surface area contributed by atoms with E-state index in [9.17, 15) is 4.79 Å². The molecule has 2 heterocycles. The number of fused-ring (bicyclic) bond motifs is 1. The van der Waals surface area contributed by atoms with Crippen molar-refractivity contribution >= 4 is 34.0 Å². The number of anilines is 1. The standard InChI is InChI=1S/C22H19ClN4O/c1-14-21(15(2)27(26-14)13-16-6-4-3-5-7-16)25-22(28)19-11-18(23)10-17-8-9-24-12-20(17)19/h3-12H,13H2,1-2H3,(H,25,28). The second-order valence-corrected chi connectivity index (χ2v) is 7.13. The highest BCUT2D eigenvalue weighted by atomic mass is 35.5. The zero-order chi connectivity index (χ0) is 19.7. The van der Waals surface area contributed by atoms with E-state index in [1.54, 1.807) is 18.5 Å². The van der Waals surface area contributed by atoms with Crippen LogP contribution in [0.3, 0.4) is 0 Å². The number of nitrogens with one attached hydrogen (secondary N) is 1. The fraction of sp³-hybridized carbons (Fsp3) is 0.136. The first kappa shape index (κ1) is 18.2. The summed E-state index contributed by atoms with van der Waals surface area (Å²) >= 11 is 6.21. The second-order valence-electron chi connectivity index (χ2n) is 6.69. The van der Waals surface area contributed by atoms with E-state index in [1.807, 2.05) is 48.9 Å². The van der Waals surface area contributed by atoms with Crippen LogP contribution in [0, 0.1) is 13.8 Å². The maximum absolute atomic E-state index is 13.0. The molecule has 2 aromatic heterocycles. The van der Waals surface area contributed by atoms with Gasteiger partial charge in [-0.25, -0.2) is 0 Å². The number of halogens is 1. The zero-order valence-corrected chi connectivity index (χ0v) is 16.4. The molecule has 1 N–H and O–H groups in total. The van der Waals surface area contributed by atoms with Crippen molar-refractivity contribution in [1.82, 2.24) is 14.8 Å². The third kappa shape index (κ3) is 3.49. The van der Waals surface area contributed by atoms with Crippen molar-refractivity contribution in [2.75, 3.05) is 5.32 Å². The largest absolute Gasteiger partial charge is 0.319 e. The minimum atomic E-state index is -0.231. The second kappa shape index (κ2) is 7.44. The van der Waals surface area contributed by atoms with Gasteiger partial charge >= 0.3 is 0 Å². The number of aryl methyl sites for hydroxylation is 1. The molecular weight excluding hydrogens is 372 g/mol. The molecule has 0 aliphatic carbocycles. The third-order valence-electron chi connectivity index (χ3n) is 4.76. The number of carbonyl (C=O) groups is 1. The van der Waals surface area contributed by atoms with E-state index in [0.29, 0.717) is 17.1 Å². The first-order chi connectivity index (χ1) is 13.5. The van der Waals surface area contributed by atoms with Gasteiger partial charge in [0.2, 0.25) is 0 Å². The minimum Gasteiger partial charge on any atom is -0.319 e. The topological polar surface area (TPSA) is 59.8 Å². The molecule has 0 unspecified atom stereocenters. The molecule has 140 valence electrons. The Kier molecular flexibility index (Phi) is 4.84. The first-order valence-electron chi connectivity index (χ1n) is 8.95. The summed E-state index contributed by atoms with van der Waals surface area (Å²) in [6.07, 6.45) is 3.36. The summed E-state index contributed by atoms with van der Waals surface area (Å²) in [6, 6.07) is 15.4. The Morgan fingerprint density at radius 1 is 1.14 bits per heavy atom. The molecule has 6 heteroatoms. The van der Waals surface area contributed by atoms with Gasteiger partial charge in [-0.2, -0.15) is 5.10 Å². The molecule has 0 bridgehead atoms. The SMILES string of the molecule is Cc1nn(Cc2ccccc2)c(C)c1NC(=O)c1cc(Cl)cc2ccncc12. The number of rotatable bonds is 4. The number of carbonyl (C=O) groups excluding carboxylic acids is 1. The highest BCUT2D eigenvalue weighted by Gasteiger charge is 2.17. The molecule has 0 spiro atoms. The van der Waals surface area contributed by atoms with E-state index < -0.39 is 0 Å². The van der Waals surface area contributed by atoms with E-state index in [2.05, 4.69) is 27.5 Å². The van der Waals surface area contributed by atoms with Crippen LogP contribution in [0.25, 0.3) is 10.8 Å². The summed E-state index contributed by atoms with van der Waals surface area (Å²) in [6.45, 7) is 4.49. The van der Waals surface area contributed by atoms with Gasteiger partial charge in [0.05, 0.1) is 29.2 Å². The Bertz CT molecular complexity index is 1170. The van der Waals surface area contributed by atoms with E-state index in [0.717, 1.165) is 33.4 Å². The van der Waals surface area contributed by atoms with Gasteiger partial charge in [-0.3, -0.25) is 14.5 Å². The molecule has 4 rings (SSSR count). The summed E-state index contributed by atoms with van der Waals surface area (Å²) in [4.78, 5) is 17.2. The molecular formula is C22H19ClN4O. The van der Waals surface area contributed by atoms with Gasteiger partial charge in [-0.15, -0.1) is 0 Å². The lowest BCUT2D eigenvalue weighted by Gasteiger charge is -2.10. The molecule has 0 atom stereocenters. The van der Waals surface area contributed by atoms with Crippen molar-refractivity contribution in [3.63, 3.8) is 0 Å². The number of pyridine rings is 1. The molecule has 28 heavy (non-hydrogen) atoms. The first-order valence-corrected chi connectivity index (χ1v) is 9.33. The fourth-order valence-electron chi connectivity index (χ4n) is 3.32. The van der Waals surface area contributed by atoms with Crippen LogP contribution in [0.1, 0.15) is 27.3 Å². The Morgan fingerprint density at radius 2 is 1.93 bits per heavy atom. The lowest BCUT2D eigenvalue weighted by molar-refractivity contribution is 0.102. The molecule has 2 aromatic carbocycles. The minimum absolute atomic E-state index is 0.231. The van der Waals surface area contributed by atoms with Crippen LogP contribution >= 0.6 is 11.6 Å². The molecule has 0 radical (unpaired) electrons. The fourth-order valence-corrected chi connectivity index (χ4v) is 3.55. The normalized spacial score (nSPS) is 11.0. The summed E-state index contributed by atoms with van der Waals surface area (Å²) in [5.41, 5.74) is 4.03. The zero-order valence-electron chi connectivity index (χ0n) is 15.6. The monoisotopic (exact) mass is 390 g/mol. The van der Waals surface area contributed by atoms with Crippen molar-refractivity contribution in [1.29, 1.82) is 0 Å². The average Bonchev–Trinajstić information content (AvgIpc) is 2.95. The van der Waals surface area contributed by atoms with Crippen molar-refractivity contribution in [3.05, 3.63) is 88.5 Å². The van der Waals surface area contributed by atoms with Crippen LogP contribution < -0.4 is 5.32 Å². The molecule has 1 amide bonds. The molecule has 0 saturated carbocycles. The summed E-state index contributed by atoms with van der Waals surface area (Å²) < 4.78 is 1.90. The molecule has 0 aliphatic heterocycles. The van der Waals surface area contributed by atoms with Crippen molar-refractivity contribution in [3.8, 4) is 0 Å². The predicted molar refractivity (Wildman–Crippen MR) is 112 cm³/mol. The van der Waals surface area contributed by atoms with Crippen molar-refractivity contribution in [2.24, 2.45) is 0 Å². The van der Waals surface area contributed by atoms with Crippen LogP contribution in [0.2, 0.25) is 5.02 Å². The number of hydrogen-bond acceptors (Lipinski definition) is 3. The van der Waals surface area contributed by atoms with Gasteiger partial charge < -0.3 is 5.32 Å². The molecule has 0 aliphatic rings. The quantitative estimate of drug-likeness (QED) is 0.533. The smallest absolute Gasteiger partial charge is 0.256 e. The lowest BCUT2D eigenvalue weighted by Crippen LogP contribution is -2.14. The van der Waals surface area contributed by atoms with Gasteiger partial charge in [-0.1, -0.05) is 41.9 Å². The van der Waals surface area contributed by atoms with Crippen molar-refractivity contribution in [2.45, 2.75) is 20.4 Å². The Morgan fingerprint density at radius 3 is 2.71 bits per heavy atom. The van der Waals surface area contributed by atoms with Crippen LogP contribution in [0.4, 0.5) is 5.69 Å². The number of nitrogens with zero attached hydrogens (tertiary/aromatic N) is 3. The predicted octanol–water partition coefficient (Wildman–Crippen LogP) is 5.00. The van der Waals surface area contributed by atoms with E-state index >= 15 is 0 Å². The molecule has 4 aromatic rings. The average molecular weight is 391 g/mol. The summed E-state index contributed by atoms with van der Waals surface area (Å²) in [5.74, 6) is -0.231. The third-order valence-corrected chi connectivity index (χ3v) is 4.98. The molecule has 0 fully saturated rings. The van der Waals surface area contributed by atoms with Gasteiger partial charge in [0.15, 0.2) is 0 Å². The van der Waals surface area contributed by atoms with E-state index in [1.165, 1.54) is 0 Å².